The average Bonchev–Trinajstić information content (AvgIpc) is 2.98. The molecule has 1 aliphatic carbocycles. The van der Waals surface area contributed by atoms with Crippen LogP contribution in [0.25, 0.3) is 11.1 Å². The molecule has 0 saturated heterocycles. The van der Waals surface area contributed by atoms with E-state index >= 15 is 0 Å². The lowest BCUT2D eigenvalue weighted by atomic mass is 9.71. The topological polar surface area (TPSA) is 52.6 Å². The Balaban J connectivity index is 2.20. The SMILES string of the molecule is CCCC1(CCC)c2cc(C(=O)OCC)ccc2-c2ccc(C(=O)OCC)cc21. The van der Waals surface area contributed by atoms with Crippen molar-refractivity contribution in [2.75, 3.05) is 13.2 Å². The fraction of sp³-hybridized carbons (Fsp3) is 0.440. The zero-order valence-corrected chi connectivity index (χ0v) is 17.8. The van der Waals surface area contributed by atoms with E-state index in [0.717, 1.165) is 36.8 Å². The van der Waals surface area contributed by atoms with Gasteiger partial charge >= 0.3 is 11.9 Å². The van der Waals surface area contributed by atoms with Gasteiger partial charge < -0.3 is 9.47 Å². The molecule has 1 aliphatic rings. The molecule has 0 radical (unpaired) electrons. The molecule has 4 nitrogen and oxygen atoms in total. The van der Waals surface area contributed by atoms with E-state index in [4.69, 9.17) is 9.47 Å². The van der Waals surface area contributed by atoms with Crippen LogP contribution < -0.4 is 0 Å². The molecule has 154 valence electrons. The maximum Gasteiger partial charge on any atom is 0.338 e. The van der Waals surface area contributed by atoms with Crippen molar-refractivity contribution in [3.8, 4) is 11.1 Å². The predicted octanol–water partition coefficient (Wildman–Crippen LogP) is 5.91. The Morgan fingerprint density at radius 2 is 1.14 bits per heavy atom. The summed E-state index contributed by atoms with van der Waals surface area (Å²) in [5, 5.41) is 0. The maximum atomic E-state index is 12.4. The fourth-order valence-corrected chi connectivity index (χ4v) is 4.70. The van der Waals surface area contributed by atoms with E-state index < -0.39 is 0 Å². The van der Waals surface area contributed by atoms with Gasteiger partial charge in [-0.25, -0.2) is 9.59 Å². The number of carbonyl (C=O) groups is 2. The molecule has 3 rings (SSSR count). The lowest BCUT2D eigenvalue weighted by Gasteiger charge is -2.32. The summed E-state index contributed by atoms with van der Waals surface area (Å²) in [4.78, 5) is 24.8. The Morgan fingerprint density at radius 1 is 0.724 bits per heavy atom. The van der Waals surface area contributed by atoms with Gasteiger partial charge in [-0.05, 0) is 73.2 Å². The molecular weight excluding hydrogens is 364 g/mol. The Morgan fingerprint density at radius 3 is 1.48 bits per heavy atom. The lowest BCUT2D eigenvalue weighted by Crippen LogP contribution is -2.26. The van der Waals surface area contributed by atoms with Gasteiger partial charge in [0.05, 0.1) is 24.3 Å². The van der Waals surface area contributed by atoms with Crippen molar-refractivity contribution in [3.63, 3.8) is 0 Å². The van der Waals surface area contributed by atoms with Gasteiger partial charge in [-0.1, -0.05) is 38.8 Å². The molecule has 0 unspecified atom stereocenters. The second-order valence-corrected chi connectivity index (χ2v) is 7.54. The third-order valence-electron chi connectivity index (χ3n) is 5.74. The summed E-state index contributed by atoms with van der Waals surface area (Å²) in [6, 6.07) is 11.7. The van der Waals surface area contributed by atoms with Crippen LogP contribution in [0.3, 0.4) is 0 Å². The molecule has 0 aromatic heterocycles. The molecule has 29 heavy (non-hydrogen) atoms. The van der Waals surface area contributed by atoms with Crippen molar-refractivity contribution in [1.82, 2.24) is 0 Å². The number of ether oxygens (including phenoxy) is 2. The number of hydrogen-bond donors (Lipinski definition) is 0. The minimum atomic E-state index is -0.291. The van der Waals surface area contributed by atoms with Gasteiger partial charge in [-0.3, -0.25) is 0 Å². The first-order valence-electron chi connectivity index (χ1n) is 10.7. The monoisotopic (exact) mass is 394 g/mol. The molecule has 4 heteroatoms. The third kappa shape index (κ3) is 3.68. The summed E-state index contributed by atoms with van der Waals surface area (Å²) in [5.74, 6) is -0.583. The first kappa shape index (κ1) is 21.1. The van der Waals surface area contributed by atoms with Crippen molar-refractivity contribution in [2.45, 2.75) is 58.8 Å². The van der Waals surface area contributed by atoms with Crippen molar-refractivity contribution in [1.29, 1.82) is 0 Å². The van der Waals surface area contributed by atoms with Crippen LogP contribution in [0, 0.1) is 0 Å². The van der Waals surface area contributed by atoms with E-state index in [-0.39, 0.29) is 17.4 Å². The van der Waals surface area contributed by atoms with Crippen LogP contribution in [0.4, 0.5) is 0 Å². The first-order valence-corrected chi connectivity index (χ1v) is 10.7. The van der Waals surface area contributed by atoms with Crippen molar-refractivity contribution >= 4 is 11.9 Å². The number of carbonyl (C=O) groups excluding carboxylic acids is 2. The van der Waals surface area contributed by atoms with Crippen molar-refractivity contribution in [3.05, 3.63) is 58.7 Å². The Bertz CT molecular complexity index is 838. The van der Waals surface area contributed by atoms with Crippen LogP contribution in [0.1, 0.15) is 85.2 Å². The molecule has 0 fully saturated rings. The molecule has 2 aromatic rings. The third-order valence-corrected chi connectivity index (χ3v) is 5.74. The molecular formula is C25H30O4. The van der Waals surface area contributed by atoms with Crippen LogP contribution in [-0.2, 0) is 14.9 Å². The largest absolute Gasteiger partial charge is 0.462 e. The lowest BCUT2D eigenvalue weighted by molar-refractivity contribution is 0.0517. The molecule has 0 aliphatic heterocycles. The smallest absolute Gasteiger partial charge is 0.338 e. The molecule has 2 aromatic carbocycles. The van der Waals surface area contributed by atoms with Gasteiger partial charge in [0.1, 0.15) is 0 Å². The zero-order chi connectivity index (χ0) is 21.0. The van der Waals surface area contributed by atoms with Crippen LogP contribution in [0.15, 0.2) is 36.4 Å². The molecule has 0 spiro atoms. The van der Waals surface area contributed by atoms with Crippen LogP contribution in [0.2, 0.25) is 0 Å². The van der Waals surface area contributed by atoms with Gasteiger partial charge in [-0.15, -0.1) is 0 Å². The molecule has 0 N–H and O–H groups in total. The highest BCUT2D eigenvalue weighted by Crippen LogP contribution is 2.54. The number of fused-ring (bicyclic) bond motifs is 3. The van der Waals surface area contributed by atoms with Gasteiger partial charge in [0, 0.05) is 5.41 Å². The predicted molar refractivity (Wildman–Crippen MR) is 114 cm³/mol. The van der Waals surface area contributed by atoms with Crippen LogP contribution >= 0.6 is 0 Å². The van der Waals surface area contributed by atoms with E-state index in [9.17, 15) is 9.59 Å². The van der Waals surface area contributed by atoms with Gasteiger partial charge in [-0.2, -0.15) is 0 Å². The number of hydrogen-bond acceptors (Lipinski definition) is 4. The Hall–Kier alpha value is -2.62. The number of benzene rings is 2. The summed E-state index contributed by atoms with van der Waals surface area (Å²) < 4.78 is 10.5. The van der Waals surface area contributed by atoms with Crippen LogP contribution in [-0.4, -0.2) is 25.2 Å². The Labute approximate surface area is 173 Å². The van der Waals surface area contributed by atoms with E-state index in [1.54, 1.807) is 0 Å². The number of esters is 2. The summed E-state index contributed by atoms with van der Waals surface area (Å²) in [7, 11) is 0. The summed E-state index contributed by atoms with van der Waals surface area (Å²) >= 11 is 0. The summed E-state index contributed by atoms with van der Waals surface area (Å²) in [5.41, 5.74) is 5.58. The van der Waals surface area contributed by atoms with Gasteiger partial charge in [0.15, 0.2) is 0 Å². The first-order chi connectivity index (χ1) is 14.0. The maximum absolute atomic E-state index is 12.4. The highest BCUT2D eigenvalue weighted by atomic mass is 16.5. The van der Waals surface area contributed by atoms with Gasteiger partial charge in [0.25, 0.3) is 0 Å². The van der Waals surface area contributed by atoms with Gasteiger partial charge in [0.2, 0.25) is 0 Å². The molecule has 0 amide bonds. The van der Waals surface area contributed by atoms with Crippen molar-refractivity contribution < 1.29 is 19.1 Å². The number of rotatable bonds is 8. The highest BCUT2D eigenvalue weighted by Gasteiger charge is 2.42. The summed E-state index contributed by atoms with van der Waals surface area (Å²) in [6.07, 6.45) is 3.93. The van der Waals surface area contributed by atoms with E-state index in [1.807, 2.05) is 50.2 Å². The molecule has 0 saturated carbocycles. The minimum Gasteiger partial charge on any atom is -0.462 e. The van der Waals surface area contributed by atoms with Crippen molar-refractivity contribution in [2.24, 2.45) is 0 Å². The standard InChI is InChI=1S/C25H30O4/c1-5-13-25(14-6-2)21-15-17(23(26)28-7-3)9-11-19(21)20-12-10-18(16-22(20)25)24(27)29-8-4/h9-12,15-16H,5-8,13-14H2,1-4H3. The van der Waals surface area contributed by atoms with Crippen LogP contribution in [0.5, 0.6) is 0 Å². The highest BCUT2D eigenvalue weighted by molar-refractivity contribution is 5.95. The quantitative estimate of drug-likeness (QED) is 0.523. The minimum absolute atomic E-state index is 0.209. The molecule has 0 heterocycles. The average molecular weight is 395 g/mol. The molecule has 0 atom stereocenters. The zero-order valence-electron chi connectivity index (χ0n) is 17.8. The Kier molecular flexibility index (Phi) is 6.41. The molecule has 0 bridgehead atoms. The van der Waals surface area contributed by atoms with E-state index in [2.05, 4.69) is 13.8 Å². The fourth-order valence-electron chi connectivity index (χ4n) is 4.70. The second kappa shape index (κ2) is 8.81. The van der Waals surface area contributed by atoms with E-state index in [1.165, 1.54) is 11.1 Å². The normalized spacial score (nSPS) is 13.5. The summed E-state index contributed by atoms with van der Waals surface area (Å²) in [6.45, 7) is 8.70. The second-order valence-electron chi connectivity index (χ2n) is 7.54. The van der Waals surface area contributed by atoms with E-state index in [0.29, 0.717) is 24.3 Å².